The van der Waals surface area contributed by atoms with Crippen LogP contribution >= 0.6 is 23.2 Å². The van der Waals surface area contributed by atoms with Crippen molar-refractivity contribution in [3.05, 3.63) is 76.3 Å². The lowest BCUT2D eigenvalue weighted by atomic mass is 10.2. The molecule has 0 unspecified atom stereocenters. The number of halogens is 3. The van der Waals surface area contributed by atoms with Gasteiger partial charge in [-0.15, -0.1) is 0 Å². The fourth-order valence-electron chi connectivity index (χ4n) is 1.98. The minimum absolute atomic E-state index is 0.0579. The molecule has 0 saturated heterocycles. The Labute approximate surface area is 141 Å². The summed E-state index contributed by atoms with van der Waals surface area (Å²) in [5, 5.41) is 7.28. The van der Waals surface area contributed by atoms with Crippen LogP contribution in [0.5, 0.6) is 0 Å². The number of aromatic nitrogens is 2. The number of carbonyl (C=O) groups excluding carboxylic acids is 1. The number of anilines is 1. The van der Waals surface area contributed by atoms with Crippen molar-refractivity contribution in [2.75, 3.05) is 5.32 Å². The summed E-state index contributed by atoms with van der Waals surface area (Å²) >= 11 is 11.6. The highest BCUT2D eigenvalue weighted by atomic mass is 35.5. The minimum Gasteiger partial charge on any atom is -0.322 e. The first-order valence-electron chi connectivity index (χ1n) is 6.60. The second-order valence-electron chi connectivity index (χ2n) is 4.74. The normalized spacial score (nSPS) is 10.6. The molecule has 116 valence electrons. The van der Waals surface area contributed by atoms with Crippen LogP contribution in [-0.4, -0.2) is 15.7 Å². The van der Waals surface area contributed by atoms with Crippen LogP contribution in [0.4, 0.5) is 10.1 Å². The smallest absolute Gasteiger partial charge is 0.258 e. The number of nitrogens with one attached hydrogen (secondary N) is 1. The molecule has 0 spiro atoms. The highest BCUT2D eigenvalue weighted by Gasteiger charge is 2.11. The SMILES string of the molecule is O=C(Nc1ccc(F)c(Cl)c1)c1cnn(-c2cccc(Cl)c2)c1. The number of hydrogen-bond acceptors (Lipinski definition) is 2. The van der Waals surface area contributed by atoms with Crippen molar-refractivity contribution < 1.29 is 9.18 Å². The van der Waals surface area contributed by atoms with Gasteiger partial charge in [-0.1, -0.05) is 29.3 Å². The maximum atomic E-state index is 13.1. The molecule has 0 radical (unpaired) electrons. The number of rotatable bonds is 3. The van der Waals surface area contributed by atoms with Crippen molar-refractivity contribution in [2.45, 2.75) is 0 Å². The number of carbonyl (C=O) groups is 1. The summed E-state index contributed by atoms with van der Waals surface area (Å²) in [5.41, 5.74) is 1.49. The molecule has 3 rings (SSSR count). The van der Waals surface area contributed by atoms with Crippen LogP contribution in [0.3, 0.4) is 0 Å². The largest absolute Gasteiger partial charge is 0.322 e. The Kier molecular flexibility index (Phi) is 4.32. The van der Waals surface area contributed by atoms with Crippen molar-refractivity contribution in [1.29, 1.82) is 0 Å². The Morgan fingerprint density at radius 3 is 2.74 bits per heavy atom. The van der Waals surface area contributed by atoms with Gasteiger partial charge in [-0.05, 0) is 36.4 Å². The van der Waals surface area contributed by atoms with E-state index in [0.29, 0.717) is 16.3 Å². The molecular weight excluding hydrogens is 340 g/mol. The van der Waals surface area contributed by atoms with Crippen LogP contribution in [0.1, 0.15) is 10.4 Å². The molecule has 4 nitrogen and oxygen atoms in total. The first kappa shape index (κ1) is 15.5. The second-order valence-corrected chi connectivity index (χ2v) is 5.58. The maximum Gasteiger partial charge on any atom is 0.258 e. The molecule has 2 aromatic carbocycles. The van der Waals surface area contributed by atoms with Crippen molar-refractivity contribution >= 4 is 34.8 Å². The van der Waals surface area contributed by atoms with Crippen LogP contribution in [0, 0.1) is 5.82 Å². The highest BCUT2D eigenvalue weighted by molar-refractivity contribution is 6.31. The molecule has 3 aromatic rings. The summed E-state index contributed by atoms with van der Waals surface area (Å²) < 4.78 is 14.7. The van der Waals surface area contributed by atoms with E-state index in [2.05, 4.69) is 10.4 Å². The standard InChI is InChI=1S/C16H10Cl2FN3O/c17-11-2-1-3-13(6-11)22-9-10(8-20-22)16(23)21-12-4-5-15(19)14(18)7-12/h1-9H,(H,21,23). The molecule has 0 atom stereocenters. The van der Waals surface area contributed by atoms with E-state index in [4.69, 9.17) is 23.2 Å². The lowest BCUT2D eigenvalue weighted by Crippen LogP contribution is -2.11. The number of hydrogen-bond donors (Lipinski definition) is 1. The minimum atomic E-state index is -0.543. The van der Waals surface area contributed by atoms with Gasteiger partial charge in [0.2, 0.25) is 0 Å². The average Bonchev–Trinajstić information content (AvgIpc) is 3.01. The molecule has 0 aliphatic rings. The summed E-state index contributed by atoms with van der Waals surface area (Å²) in [5.74, 6) is -0.917. The first-order chi connectivity index (χ1) is 11.0. The Bertz CT molecular complexity index is 879. The molecule has 0 aliphatic heterocycles. The topological polar surface area (TPSA) is 46.9 Å². The third kappa shape index (κ3) is 3.52. The second kappa shape index (κ2) is 6.40. The van der Waals surface area contributed by atoms with E-state index >= 15 is 0 Å². The van der Waals surface area contributed by atoms with Crippen LogP contribution < -0.4 is 5.32 Å². The Balaban J connectivity index is 1.79. The summed E-state index contributed by atoms with van der Waals surface area (Å²) in [6.07, 6.45) is 3.01. The third-order valence-electron chi connectivity index (χ3n) is 3.09. The Morgan fingerprint density at radius 2 is 2.00 bits per heavy atom. The molecule has 0 aliphatic carbocycles. The van der Waals surface area contributed by atoms with E-state index in [1.54, 1.807) is 29.1 Å². The van der Waals surface area contributed by atoms with Crippen LogP contribution in [0.25, 0.3) is 5.69 Å². The monoisotopic (exact) mass is 349 g/mol. The van der Waals surface area contributed by atoms with Gasteiger partial charge in [0.1, 0.15) is 5.82 Å². The van der Waals surface area contributed by atoms with Crippen LogP contribution in [0.15, 0.2) is 54.9 Å². The zero-order valence-corrected chi connectivity index (χ0v) is 13.1. The van der Waals surface area contributed by atoms with E-state index < -0.39 is 5.82 Å². The predicted octanol–water partition coefficient (Wildman–Crippen LogP) is 4.57. The molecule has 23 heavy (non-hydrogen) atoms. The van der Waals surface area contributed by atoms with Crippen molar-refractivity contribution in [3.8, 4) is 5.69 Å². The lowest BCUT2D eigenvalue weighted by molar-refractivity contribution is 0.102. The Hall–Kier alpha value is -2.37. The molecule has 7 heteroatoms. The molecule has 1 aromatic heterocycles. The first-order valence-corrected chi connectivity index (χ1v) is 7.35. The molecule has 0 fully saturated rings. The van der Waals surface area contributed by atoms with Gasteiger partial charge in [0.15, 0.2) is 0 Å². The van der Waals surface area contributed by atoms with Crippen molar-refractivity contribution in [1.82, 2.24) is 9.78 Å². The predicted molar refractivity (Wildman–Crippen MR) is 87.9 cm³/mol. The number of nitrogens with zero attached hydrogens (tertiary/aromatic N) is 2. The summed E-state index contributed by atoms with van der Waals surface area (Å²) in [6.45, 7) is 0. The van der Waals surface area contributed by atoms with E-state index in [1.165, 1.54) is 24.4 Å². The third-order valence-corrected chi connectivity index (χ3v) is 3.62. The van der Waals surface area contributed by atoms with Gasteiger partial charge < -0.3 is 5.32 Å². The number of benzene rings is 2. The lowest BCUT2D eigenvalue weighted by Gasteiger charge is -2.04. The van der Waals surface area contributed by atoms with Gasteiger partial charge in [0, 0.05) is 16.9 Å². The summed E-state index contributed by atoms with van der Waals surface area (Å²) in [6, 6.07) is 11.1. The van der Waals surface area contributed by atoms with Gasteiger partial charge in [-0.3, -0.25) is 4.79 Å². The van der Waals surface area contributed by atoms with E-state index in [0.717, 1.165) is 5.69 Å². The number of amides is 1. The quantitative estimate of drug-likeness (QED) is 0.752. The summed E-state index contributed by atoms with van der Waals surface area (Å²) in [7, 11) is 0. The van der Waals surface area contributed by atoms with Gasteiger partial charge in [-0.25, -0.2) is 9.07 Å². The highest BCUT2D eigenvalue weighted by Crippen LogP contribution is 2.20. The van der Waals surface area contributed by atoms with Gasteiger partial charge in [0.25, 0.3) is 5.91 Å². The fourth-order valence-corrected chi connectivity index (χ4v) is 2.34. The molecule has 1 N–H and O–H groups in total. The zero-order chi connectivity index (χ0) is 16.4. The average molecular weight is 350 g/mol. The summed E-state index contributed by atoms with van der Waals surface area (Å²) in [4.78, 5) is 12.2. The molecule has 1 heterocycles. The molecule has 0 bridgehead atoms. The maximum absolute atomic E-state index is 13.1. The molecule has 0 saturated carbocycles. The van der Waals surface area contributed by atoms with Gasteiger partial charge in [0.05, 0.1) is 22.5 Å². The van der Waals surface area contributed by atoms with Crippen LogP contribution in [-0.2, 0) is 0 Å². The Morgan fingerprint density at radius 1 is 1.17 bits per heavy atom. The van der Waals surface area contributed by atoms with Crippen LogP contribution in [0.2, 0.25) is 10.0 Å². The van der Waals surface area contributed by atoms with Crippen molar-refractivity contribution in [2.24, 2.45) is 0 Å². The van der Waals surface area contributed by atoms with Gasteiger partial charge >= 0.3 is 0 Å². The fraction of sp³-hybridized carbons (Fsp3) is 0. The van der Waals surface area contributed by atoms with E-state index in [9.17, 15) is 9.18 Å². The molecular formula is C16H10Cl2FN3O. The molecule has 1 amide bonds. The van der Waals surface area contributed by atoms with E-state index in [-0.39, 0.29) is 10.9 Å². The van der Waals surface area contributed by atoms with Gasteiger partial charge in [-0.2, -0.15) is 5.10 Å². The van der Waals surface area contributed by atoms with Crippen molar-refractivity contribution in [3.63, 3.8) is 0 Å². The van der Waals surface area contributed by atoms with E-state index in [1.807, 2.05) is 6.07 Å². The zero-order valence-electron chi connectivity index (χ0n) is 11.6.